The Kier molecular flexibility index (Phi) is 3.42. The molecule has 22 heavy (non-hydrogen) atoms. The molecule has 3 atom stereocenters. The molecule has 1 aromatic rings. The van der Waals surface area contributed by atoms with Crippen LogP contribution in [0.4, 0.5) is 8.78 Å². The van der Waals surface area contributed by atoms with Gasteiger partial charge in [0, 0.05) is 19.0 Å². The number of hydrogen-bond acceptors (Lipinski definition) is 2. The van der Waals surface area contributed by atoms with Gasteiger partial charge in [0.1, 0.15) is 11.6 Å². The summed E-state index contributed by atoms with van der Waals surface area (Å²) >= 11 is 0. The van der Waals surface area contributed by atoms with Crippen LogP contribution >= 0.6 is 0 Å². The highest BCUT2D eigenvalue weighted by molar-refractivity contribution is 5.85. The van der Waals surface area contributed by atoms with Crippen molar-refractivity contribution in [1.82, 2.24) is 4.90 Å². The molecule has 1 amide bonds. The van der Waals surface area contributed by atoms with E-state index >= 15 is 0 Å². The van der Waals surface area contributed by atoms with Gasteiger partial charge in [-0.1, -0.05) is 0 Å². The zero-order valence-electron chi connectivity index (χ0n) is 12.2. The van der Waals surface area contributed by atoms with Gasteiger partial charge in [0.2, 0.25) is 5.91 Å². The number of benzene rings is 1. The molecule has 1 aliphatic heterocycles. The summed E-state index contributed by atoms with van der Waals surface area (Å²) in [6.07, 6.45) is 0.902. The zero-order chi connectivity index (χ0) is 16.1. The Bertz CT molecular complexity index is 648. The molecule has 0 aromatic heterocycles. The number of likely N-dealkylation sites (tertiary alicyclic amines) is 1. The Balaban J connectivity index is 1.69. The predicted molar refractivity (Wildman–Crippen MR) is 74.1 cm³/mol. The standard InChI is InChI=1S/C16H17F2NO3/c1-16(15(21)22)4-5-19(8-16)14(20)12-7-10(12)11-6-9(17)2-3-13(11)18/h2-3,6,10,12H,4-5,7-8H2,1H3,(H,21,22). The molecule has 0 radical (unpaired) electrons. The maximum Gasteiger partial charge on any atom is 0.311 e. The van der Waals surface area contributed by atoms with Crippen LogP contribution in [0, 0.1) is 23.0 Å². The molecular formula is C16H17F2NO3. The third-order valence-electron chi connectivity index (χ3n) is 4.77. The van der Waals surface area contributed by atoms with Gasteiger partial charge in [0.05, 0.1) is 5.41 Å². The second-order valence-corrected chi connectivity index (χ2v) is 6.49. The number of carbonyl (C=O) groups is 2. The van der Waals surface area contributed by atoms with E-state index in [1.54, 1.807) is 6.92 Å². The Labute approximate surface area is 126 Å². The summed E-state index contributed by atoms with van der Waals surface area (Å²) in [6.45, 7) is 2.20. The number of halogens is 2. The number of amides is 1. The molecule has 3 rings (SSSR count). The van der Waals surface area contributed by atoms with Crippen LogP contribution in [0.1, 0.15) is 31.2 Å². The van der Waals surface area contributed by atoms with Gasteiger partial charge in [0.25, 0.3) is 0 Å². The van der Waals surface area contributed by atoms with Gasteiger partial charge in [-0.3, -0.25) is 9.59 Å². The van der Waals surface area contributed by atoms with Crippen molar-refractivity contribution in [1.29, 1.82) is 0 Å². The minimum Gasteiger partial charge on any atom is -0.481 e. The third-order valence-corrected chi connectivity index (χ3v) is 4.77. The number of carbonyl (C=O) groups excluding carboxylic acids is 1. The van der Waals surface area contributed by atoms with Crippen LogP contribution in [0.15, 0.2) is 18.2 Å². The molecule has 1 heterocycles. The number of nitrogens with zero attached hydrogens (tertiary/aromatic N) is 1. The Morgan fingerprint density at radius 1 is 1.36 bits per heavy atom. The number of rotatable bonds is 3. The quantitative estimate of drug-likeness (QED) is 0.932. The maximum atomic E-state index is 13.7. The summed E-state index contributed by atoms with van der Waals surface area (Å²) in [5.41, 5.74) is -0.678. The van der Waals surface area contributed by atoms with Crippen LogP contribution in [0.25, 0.3) is 0 Å². The van der Waals surface area contributed by atoms with Gasteiger partial charge in [0.15, 0.2) is 0 Å². The van der Waals surface area contributed by atoms with Crippen molar-refractivity contribution >= 4 is 11.9 Å². The molecule has 1 N–H and O–H groups in total. The van der Waals surface area contributed by atoms with Gasteiger partial charge in [-0.15, -0.1) is 0 Å². The first-order chi connectivity index (χ1) is 10.3. The monoisotopic (exact) mass is 309 g/mol. The second-order valence-electron chi connectivity index (χ2n) is 6.49. The number of carboxylic acids is 1. The van der Waals surface area contributed by atoms with E-state index in [0.29, 0.717) is 19.4 Å². The number of carboxylic acid groups (broad SMARTS) is 1. The van der Waals surface area contributed by atoms with Crippen molar-refractivity contribution in [3.05, 3.63) is 35.4 Å². The molecule has 1 aliphatic carbocycles. The normalized spacial score (nSPS) is 30.4. The summed E-state index contributed by atoms with van der Waals surface area (Å²) in [4.78, 5) is 25.2. The van der Waals surface area contributed by atoms with Crippen molar-refractivity contribution in [2.45, 2.75) is 25.7 Å². The van der Waals surface area contributed by atoms with E-state index in [9.17, 15) is 23.5 Å². The van der Waals surface area contributed by atoms with Crippen molar-refractivity contribution in [3.8, 4) is 0 Å². The number of aliphatic carboxylic acids is 1. The minimum absolute atomic E-state index is 0.154. The van der Waals surface area contributed by atoms with E-state index in [-0.39, 0.29) is 29.9 Å². The molecule has 0 bridgehead atoms. The molecule has 1 saturated heterocycles. The highest BCUT2D eigenvalue weighted by Gasteiger charge is 2.50. The van der Waals surface area contributed by atoms with Crippen LogP contribution in [-0.4, -0.2) is 35.0 Å². The van der Waals surface area contributed by atoms with Crippen LogP contribution in [0.2, 0.25) is 0 Å². The van der Waals surface area contributed by atoms with E-state index in [1.165, 1.54) is 4.90 Å². The Morgan fingerprint density at radius 3 is 2.73 bits per heavy atom. The largest absolute Gasteiger partial charge is 0.481 e. The molecule has 118 valence electrons. The smallest absolute Gasteiger partial charge is 0.311 e. The lowest BCUT2D eigenvalue weighted by molar-refractivity contribution is -0.147. The minimum atomic E-state index is -0.913. The van der Waals surface area contributed by atoms with E-state index in [1.807, 2.05) is 0 Å². The first kappa shape index (κ1) is 14.9. The second kappa shape index (κ2) is 5.04. The molecule has 2 aliphatic rings. The maximum absolute atomic E-state index is 13.7. The summed E-state index contributed by atoms with van der Waals surface area (Å²) in [6, 6.07) is 3.26. The fourth-order valence-corrected chi connectivity index (χ4v) is 3.17. The van der Waals surface area contributed by atoms with Crippen LogP contribution < -0.4 is 0 Å². The third kappa shape index (κ3) is 2.46. The van der Waals surface area contributed by atoms with E-state index < -0.39 is 23.0 Å². The first-order valence-corrected chi connectivity index (χ1v) is 7.29. The van der Waals surface area contributed by atoms with Gasteiger partial charge < -0.3 is 10.0 Å². The SMILES string of the molecule is CC1(C(=O)O)CCN(C(=O)C2CC2c2cc(F)ccc2F)C1. The van der Waals surface area contributed by atoms with E-state index in [2.05, 4.69) is 0 Å². The van der Waals surface area contributed by atoms with Crippen LogP contribution in [-0.2, 0) is 9.59 Å². The summed E-state index contributed by atoms with van der Waals surface area (Å²) in [7, 11) is 0. The zero-order valence-corrected chi connectivity index (χ0v) is 12.2. The lowest BCUT2D eigenvalue weighted by Crippen LogP contribution is -2.35. The first-order valence-electron chi connectivity index (χ1n) is 7.29. The van der Waals surface area contributed by atoms with E-state index in [0.717, 1.165) is 18.2 Å². The highest BCUT2D eigenvalue weighted by atomic mass is 19.1. The Morgan fingerprint density at radius 2 is 2.09 bits per heavy atom. The van der Waals surface area contributed by atoms with Crippen LogP contribution in [0.5, 0.6) is 0 Å². The Hall–Kier alpha value is -1.98. The van der Waals surface area contributed by atoms with Crippen LogP contribution in [0.3, 0.4) is 0 Å². The lowest BCUT2D eigenvalue weighted by atomic mass is 9.90. The summed E-state index contributed by atoms with van der Waals surface area (Å²) in [5.74, 6) is -2.76. The van der Waals surface area contributed by atoms with Gasteiger partial charge in [-0.2, -0.15) is 0 Å². The average Bonchev–Trinajstić information content (AvgIpc) is 3.16. The molecular weight excluding hydrogens is 292 g/mol. The van der Waals surface area contributed by atoms with Gasteiger partial charge in [-0.05, 0) is 49.4 Å². The van der Waals surface area contributed by atoms with Gasteiger partial charge in [-0.25, -0.2) is 8.78 Å². The van der Waals surface area contributed by atoms with Crippen molar-refractivity contribution in [3.63, 3.8) is 0 Å². The predicted octanol–water partition coefficient (Wildman–Crippen LogP) is 2.39. The molecule has 2 fully saturated rings. The molecule has 4 nitrogen and oxygen atoms in total. The van der Waals surface area contributed by atoms with Crippen molar-refractivity contribution in [2.75, 3.05) is 13.1 Å². The van der Waals surface area contributed by atoms with E-state index in [4.69, 9.17) is 0 Å². The van der Waals surface area contributed by atoms with Gasteiger partial charge >= 0.3 is 5.97 Å². The van der Waals surface area contributed by atoms with Crippen molar-refractivity contribution in [2.24, 2.45) is 11.3 Å². The lowest BCUT2D eigenvalue weighted by Gasteiger charge is -2.20. The van der Waals surface area contributed by atoms with Crippen molar-refractivity contribution < 1.29 is 23.5 Å². The molecule has 0 spiro atoms. The molecule has 6 heteroatoms. The number of hydrogen-bond donors (Lipinski definition) is 1. The fourth-order valence-electron chi connectivity index (χ4n) is 3.17. The fraction of sp³-hybridized carbons (Fsp3) is 0.500. The summed E-state index contributed by atoms with van der Waals surface area (Å²) in [5, 5.41) is 9.19. The highest BCUT2D eigenvalue weighted by Crippen LogP contribution is 2.50. The summed E-state index contributed by atoms with van der Waals surface area (Å²) < 4.78 is 27.0. The molecule has 3 unspecified atom stereocenters. The average molecular weight is 309 g/mol. The molecule has 1 aromatic carbocycles. The topological polar surface area (TPSA) is 57.6 Å². The molecule has 1 saturated carbocycles.